The zero-order valence-corrected chi connectivity index (χ0v) is 14.9. The van der Waals surface area contributed by atoms with Gasteiger partial charge >= 0.3 is 0 Å². The van der Waals surface area contributed by atoms with E-state index < -0.39 is 0 Å². The predicted octanol–water partition coefficient (Wildman–Crippen LogP) is 4.91. The van der Waals surface area contributed by atoms with Gasteiger partial charge in [-0.2, -0.15) is 0 Å². The summed E-state index contributed by atoms with van der Waals surface area (Å²) in [4.78, 5) is 17.1. The SMILES string of the molecule is CCCCCn1c(NC(=O)C(CC)CC)nc2cccc(C)c21. The molecule has 0 atom stereocenters. The molecule has 0 saturated heterocycles. The van der Waals surface area contributed by atoms with Crippen LogP contribution in [0.25, 0.3) is 11.0 Å². The Bertz CT molecular complexity index is 656. The Hall–Kier alpha value is -1.84. The number of anilines is 1. The van der Waals surface area contributed by atoms with E-state index in [0.29, 0.717) is 5.95 Å². The zero-order valence-electron chi connectivity index (χ0n) is 14.9. The number of imidazole rings is 1. The van der Waals surface area contributed by atoms with Crippen molar-refractivity contribution in [3.05, 3.63) is 23.8 Å². The van der Waals surface area contributed by atoms with Gasteiger partial charge in [0.25, 0.3) is 0 Å². The number of hydrogen-bond acceptors (Lipinski definition) is 2. The number of nitrogens with one attached hydrogen (secondary N) is 1. The highest BCUT2D eigenvalue weighted by atomic mass is 16.2. The van der Waals surface area contributed by atoms with Gasteiger partial charge in [0.05, 0.1) is 11.0 Å². The molecule has 0 saturated carbocycles. The number of benzene rings is 1. The van der Waals surface area contributed by atoms with Crippen LogP contribution in [-0.2, 0) is 11.3 Å². The van der Waals surface area contributed by atoms with Gasteiger partial charge in [0.2, 0.25) is 11.9 Å². The fraction of sp³-hybridized carbons (Fsp3) is 0.579. The highest BCUT2D eigenvalue weighted by Crippen LogP contribution is 2.24. The van der Waals surface area contributed by atoms with E-state index in [1.807, 2.05) is 12.1 Å². The van der Waals surface area contributed by atoms with Crippen LogP contribution in [0.4, 0.5) is 5.95 Å². The lowest BCUT2D eigenvalue weighted by Gasteiger charge is -2.14. The molecule has 0 spiro atoms. The number of hydrogen-bond donors (Lipinski definition) is 1. The smallest absolute Gasteiger partial charge is 0.229 e. The van der Waals surface area contributed by atoms with Crippen LogP contribution in [-0.4, -0.2) is 15.5 Å². The average Bonchev–Trinajstić information content (AvgIpc) is 2.87. The Morgan fingerprint density at radius 2 is 1.96 bits per heavy atom. The van der Waals surface area contributed by atoms with Crippen LogP contribution in [0, 0.1) is 12.8 Å². The molecule has 4 heteroatoms. The Morgan fingerprint density at radius 1 is 1.22 bits per heavy atom. The van der Waals surface area contributed by atoms with Crippen molar-refractivity contribution in [2.24, 2.45) is 5.92 Å². The maximum absolute atomic E-state index is 12.5. The number of rotatable bonds is 8. The van der Waals surface area contributed by atoms with Crippen LogP contribution in [0.5, 0.6) is 0 Å². The Morgan fingerprint density at radius 3 is 2.61 bits per heavy atom. The van der Waals surface area contributed by atoms with Crippen LogP contribution in [0.2, 0.25) is 0 Å². The number of unbranched alkanes of at least 4 members (excludes halogenated alkanes) is 2. The molecular formula is C19H29N3O. The second kappa shape index (κ2) is 8.14. The molecule has 0 unspecified atom stereocenters. The topological polar surface area (TPSA) is 46.9 Å². The quantitative estimate of drug-likeness (QED) is 0.704. The second-order valence-electron chi connectivity index (χ2n) is 6.24. The molecule has 23 heavy (non-hydrogen) atoms. The van der Waals surface area contributed by atoms with Gasteiger partial charge in [-0.1, -0.05) is 45.7 Å². The minimum Gasteiger partial charge on any atom is -0.310 e. The van der Waals surface area contributed by atoms with Gasteiger partial charge in [0.15, 0.2) is 0 Å². The largest absolute Gasteiger partial charge is 0.310 e. The van der Waals surface area contributed by atoms with Gasteiger partial charge in [0, 0.05) is 12.5 Å². The molecule has 0 aliphatic rings. The first kappa shape index (κ1) is 17.5. The van der Waals surface area contributed by atoms with Crippen molar-refractivity contribution in [3.63, 3.8) is 0 Å². The van der Waals surface area contributed by atoms with Gasteiger partial charge in [-0.25, -0.2) is 4.98 Å². The molecule has 0 radical (unpaired) electrons. The van der Waals surface area contributed by atoms with E-state index in [1.54, 1.807) is 0 Å². The standard InChI is InChI=1S/C19H29N3O/c1-5-8-9-13-22-17-14(4)11-10-12-16(17)20-19(22)21-18(23)15(6-2)7-3/h10-12,15H,5-9,13H2,1-4H3,(H,20,21,23). The fourth-order valence-corrected chi connectivity index (χ4v) is 3.07. The number of nitrogens with zero attached hydrogens (tertiary/aromatic N) is 2. The number of para-hydroxylation sites is 1. The van der Waals surface area contributed by atoms with Crippen molar-refractivity contribution in [3.8, 4) is 0 Å². The third-order valence-electron chi connectivity index (χ3n) is 4.55. The number of aryl methyl sites for hydroxylation is 2. The molecule has 1 heterocycles. The molecule has 2 aromatic rings. The minimum atomic E-state index is 0.0556. The number of carbonyl (C=O) groups excluding carboxylic acids is 1. The second-order valence-corrected chi connectivity index (χ2v) is 6.24. The van der Waals surface area contributed by atoms with E-state index in [0.717, 1.165) is 36.8 Å². The van der Waals surface area contributed by atoms with Crippen LogP contribution >= 0.6 is 0 Å². The third kappa shape index (κ3) is 3.92. The molecule has 1 aromatic heterocycles. The van der Waals surface area contributed by atoms with Crippen LogP contribution in [0.1, 0.15) is 58.4 Å². The molecule has 0 aliphatic carbocycles. The lowest BCUT2D eigenvalue weighted by atomic mass is 10.0. The molecule has 1 N–H and O–H groups in total. The van der Waals surface area contributed by atoms with Crippen molar-refractivity contribution in [2.75, 3.05) is 5.32 Å². The maximum Gasteiger partial charge on any atom is 0.229 e. The van der Waals surface area contributed by atoms with Gasteiger partial charge < -0.3 is 4.57 Å². The first-order valence-electron chi connectivity index (χ1n) is 8.89. The Kier molecular flexibility index (Phi) is 6.20. The lowest BCUT2D eigenvalue weighted by Crippen LogP contribution is -2.23. The molecule has 1 aromatic carbocycles. The van der Waals surface area contributed by atoms with Gasteiger partial charge in [0.1, 0.15) is 0 Å². The molecule has 0 aliphatic heterocycles. The summed E-state index contributed by atoms with van der Waals surface area (Å²) >= 11 is 0. The monoisotopic (exact) mass is 315 g/mol. The number of aromatic nitrogens is 2. The van der Waals surface area contributed by atoms with E-state index in [4.69, 9.17) is 0 Å². The molecule has 0 bridgehead atoms. The summed E-state index contributed by atoms with van der Waals surface area (Å²) < 4.78 is 2.18. The number of fused-ring (bicyclic) bond motifs is 1. The average molecular weight is 315 g/mol. The summed E-state index contributed by atoms with van der Waals surface area (Å²) in [6.07, 6.45) is 5.19. The number of amides is 1. The first-order valence-corrected chi connectivity index (χ1v) is 8.89. The maximum atomic E-state index is 12.5. The Labute approximate surface area is 139 Å². The van der Waals surface area contributed by atoms with E-state index >= 15 is 0 Å². The molecule has 1 amide bonds. The normalized spacial score (nSPS) is 11.3. The summed E-state index contributed by atoms with van der Waals surface area (Å²) in [5.41, 5.74) is 3.30. The summed E-state index contributed by atoms with van der Waals surface area (Å²) in [7, 11) is 0. The van der Waals surface area contributed by atoms with E-state index in [-0.39, 0.29) is 11.8 Å². The molecule has 0 fully saturated rings. The molecular weight excluding hydrogens is 286 g/mol. The van der Waals surface area contributed by atoms with Gasteiger partial charge in [-0.05, 0) is 37.8 Å². The van der Waals surface area contributed by atoms with E-state index in [2.05, 4.69) is 48.6 Å². The van der Waals surface area contributed by atoms with Crippen LogP contribution in [0.3, 0.4) is 0 Å². The van der Waals surface area contributed by atoms with E-state index in [9.17, 15) is 4.79 Å². The highest BCUT2D eigenvalue weighted by molar-refractivity contribution is 5.93. The van der Waals surface area contributed by atoms with Crippen LogP contribution in [0.15, 0.2) is 18.2 Å². The van der Waals surface area contributed by atoms with Crippen molar-refractivity contribution >= 4 is 22.9 Å². The third-order valence-corrected chi connectivity index (χ3v) is 4.55. The highest BCUT2D eigenvalue weighted by Gasteiger charge is 2.19. The summed E-state index contributed by atoms with van der Waals surface area (Å²) in [6.45, 7) is 9.32. The summed E-state index contributed by atoms with van der Waals surface area (Å²) in [5.74, 6) is 0.835. The van der Waals surface area contributed by atoms with Crippen molar-refractivity contribution < 1.29 is 4.79 Å². The number of carbonyl (C=O) groups is 1. The Balaban J connectivity index is 2.35. The lowest BCUT2D eigenvalue weighted by molar-refractivity contribution is -0.120. The fourth-order valence-electron chi connectivity index (χ4n) is 3.07. The summed E-state index contributed by atoms with van der Waals surface area (Å²) in [6, 6.07) is 6.14. The molecule has 4 nitrogen and oxygen atoms in total. The van der Waals surface area contributed by atoms with Gasteiger partial charge in [-0.3, -0.25) is 10.1 Å². The van der Waals surface area contributed by atoms with Gasteiger partial charge in [-0.15, -0.1) is 0 Å². The first-order chi connectivity index (χ1) is 11.1. The van der Waals surface area contributed by atoms with E-state index in [1.165, 1.54) is 18.4 Å². The summed E-state index contributed by atoms with van der Waals surface area (Å²) in [5, 5.41) is 3.07. The molecule has 2 rings (SSSR count). The van der Waals surface area contributed by atoms with Crippen LogP contribution < -0.4 is 5.32 Å². The van der Waals surface area contributed by atoms with Crippen molar-refractivity contribution in [2.45, 2.75) is 66.3 Å². The minimum absolute atomic E-state index is 0.0556. The van der Waals surface area contributed by atoms with Crippen molar-refractivity contribution in [1.29, 1.82) is 0 Å². The predicted molar refractivity (Wildman–Crippen MR) is 96.7 cm³/mol. The van der Waals surface area contributed by atoms with Crippen molar-refractivity contribution in [1.82, 2.24) is 9.55 Å². The zero-order chi connectivity index (χ0) is 16.8. The molecule has 126 valence electrons.